The number of hydrogen-bond acceptors (Lipinski definition) is 3. The van der Waals surface area contributed by atoms with Gasteiger partial charge in [-0.2, -0.15) is 18.2 Å². The maximum Gasteiger partial charge on any atom is 0.417 e. The topological polar surface area (TPSA) is 42.3 Å². The minimum absolute atomic E-state index is 0.208. The summed E-state index contributed by atoms with van der Waals surface area (Å²) < 4.78 is 36.3. The van der Waals surface area contributed by atoms with E-state index in [1.54, 1.807) is 0 Å². The predicted octanol–water partition coefficient (Wildman–Crippen LogP) is 2.34. The normalized spacial score (nSPS) is 10.6. The summed E-state index contributed by atoms with van der Waals surface area (Å²) in [4.78, 5) is 17.3. The molecule has 3 nitrogen and oxygen atoms in total. The summed E-state index contributed by atoms with van der Waals surface area (Å²) in [6, 6.07) is 1.68. The van der Waals surface area contributed by atoms with Gasteiger partial charge in [-0.25, -0.2) is 0 Å². The zero-order valence-corrected chi connectivity index (χ0v) is 7.89. The minimum Gasteiger partial charge on any atom is -0.264 e. The fourth-order valence-corrected chi connectivity index (χ4v) is 0.870. The third kappa shape index (κ3) is 2.93. The third-order valence-corrected chi connectivity index (χ3v) is 1.55. The number of pyridine rings is 1. The molecule has 0 aliphatic heterocycles. The van der Waals surface area contributed by atoms with Gasteiger partial charge < -0.3 is 0 Å². The molecular formula is C8H3F3N2OS. The van der Waals surface area contributed by atoms with E-state index in [2.05, 4.69) is 22.2 Å². The summed E-state index contributed by atoms with van der Waals surface area (Å²) in [5.74, 6) is -0.821. The molecule has 15 heavy (non-hydrogen) atoms. The molecule has 0 saturated heterocycles. The molecule has 0 spiro atoms. The lowest BCUT2D eigenvalue weighted by molar-refractivity contribution is -0.137. The van der Waals surface area contributed by atoms with Gasteiger partial charge in [-0.3, -0.25) is 9.78 Å². The molecule has 0 aromatic carbocycles. The lowest BCUT2D eigenvalue weighted by atomic mass is 10.2. The van der Waals surface area contributed by atoms with E-state index < -0.39 is 17.6 Å². The first-order valence-corrected chi connectivity index (χ1v) is 4.01. The Kier molecular flexibility index (Phi) is 3.28. The molecule has 0 aliphatic carbocycles. The van der Waals surface area contributed by atoms with Crippen molar-refractivity contribution in [1.29, 1.82) is 0 Å². The van der Waals surface area contributed by atoms with Gasteiger partial charge in [-0.1, -0.05) is 0 Å². The van der Waals surface area contributed by atoms with Gasteiger partial charge >= 0.3 is 12.1 Å². The minimum atomic E-state index is -4.47. The maximum absolute atomic E-state index is 12.1. The number of alkyl halides is 3. The first kappa shape index (κ1) is 11.5. The molecule has 0 atom stereocenters. The highest BCUT2D eigenvalue weighted by Gasteiger charge is 2.30. The molecule has 78 valence electrons. The van der Waals surface area contributed by atoms with E-state index in [1.807, 2.05) is 5.16 Å². The van der Waals surface area contributed by atoms with Gasteiger partial charge in [-0.15, -0.1) is 0 Å². The highest BCUT2D eigenvalue weighted by atomic mass is 32.1. The summed E-state index contributed by atoms with van der Waals surface area (Å²) in [6.07, 6.45) is -3.91. The van der Waals surface area contributed by atoms with Crippen molar-refractivity contribution in [3.05, 3.63) is 29.6 Å². The SMILES string of the molecule is O=C(N=C=S)c1ccc(C(F)(F)F)cn1. The summed E-state index contributed by atoms with van der Waals surface area (Å²) in [5.41, 5.74) is -1.13. The molecule has 1 heterocycles. The van der Waals surface area contributed by atoms with Crippen molar-refractivity contribution in [3.63, 3.8) is 0 Å². The Morgan fingerprint density at radius 2 is 2.13 bits per heavy atom. The fourth-order valence-electron chi connectivity index (χ4n) is 0.787. The largest absolute Gasteiger partial charge is 0.417 e. The van der Waals surface area contributed by atoms with E-state index in [4.69, 9.17) is 0 Å². The number of hydrogen-bond donors (Lipinski definition) is 0. The first-order valence-electron chi connectivity index (χ1n) is 3.60. The van der Waals surface area contributed by atoms with Crippen LogP contribution < -0.4 is 0 Å². The summed E-state index contributed by atoms with van der Waals surface area (Å²) in [6.45, 7) is 0. The standard InChI is InChI=1S/C8H3F3N2OS/c9-8(10,11)5-1-2-6(12-3-5)7(14)13-4-15/h1-3H. The average molecular weight is 232 g/mol. The maximum atomic E-state index is 12.1. The molecule has 1 rings (SSSR count). The van der Waals surface area contributed by atoms with Gasteiger partial charge in [0.1, 0.15) is 5.69 Å². The van der Waals surface area contributed by atoms with Crippen molar-refractivity contribution in [2.75, 3.05) is 0 Å². The van der Waals surface area contributed by atoms with Gasteiger partial charge in [0.05, 0.1) is 10.7 Å². The van der Waals surface area contributed by atoms with Crippen molar-refractivity contribution >= 4 is 23.3 Å². The Morgan fingerprint density at radius 1 is 1.47 bits per heavy atom. The van der Waals surface area contributed by atoms with E-state index in [-0.39, 0.29) is 5.69 Å². The molecular weight excluding hydrogens is 229 g/mol. The Bertz CT molecular complexity index is 421. The number of aliphatic imine (C=N–C) groups is 1. The monoisotopic (exact) mass is 232 g/mol. The van der Waals surface area contributed by atoms with Gasteiger partial charge in [0.2, 0.25) is 0 Å². The summed E-state index contributed by atoms with van der Waals surface area (Å²) >= 11 is 4.17. The second-order valence-electron chi connectivity index (χ2n) is 2.44. The van der Waals surface area contributed by atoms with Gasteiger partial charge in [0.15, 0.2) is 0 Å². The van der Waals surface area contributed by atoms with Crippen LogP contribution in [0, 0.1) is 0 Å². The lowest BCUT2D eigenvalue weighted by Gasteiger charge is -2.04. The second kappa shape index (κ2) is 4.29. The smallest absolute Gasteiger partial charge is 0.264 e. The summed E-state index contributed by atoms with van der Waals surface area (Å²) in [7, 11) is 0. The van der Waals surface area contributed by atoms with Crippen LogP contribution in [0.25, 0.3) is 0 Å². The van der Waals surface area contributed by atoms with Crippen LogP contribution in [0.15, 0.2) is 23.3 Å². The zero-order valence-electron chi connectivity index (χ0n) is 7.08. The van der Waals surface area contributed by atoms with Crippen LogP contribution in [-0.4, -0.2) is 16.1 Å². The van der Waals surface area contributed by atoms with Crippen LogP contribution in [-0.2, 0) is 6.18 Å². The first-order chi connectivity index (χ1) is 6.95. The van der Waals surface area contributed by atoms with Crippen LogP contribution >= 0.6 is 12.2 Å². The van der Waals surface area contributed by atoms with Crippen molar-refractivity contribution in [2.45, 2.75) is 6.18 Å². The number of aromatic nitrogens is 1. The van der Waals surface area contributed by atoms with Gasteiger partial charge in [0, 0.05) is 6.20 Å². The molecule has 1 amide bonds. The average Bonchev–Trinajstić information content (AvgIpc) is 2.17. The number of rotatable bonds is 1. The number of halogens is 3. The van der Waals surface area contributed by atoms with Crippen molar-refractivity contribution < 1.29 is 18.0 Å². The second-order valence-corrected chi connectivity index (χ2v) is 2.62. The molecule has 0 fully saturated rings. The van der Waals surface area contributed by atoms with Crippen molar-refractivity contribution in [3.8, 4) is 0 Å². The summed E-state index contributed by atoms with van der Waals surface area (Å²) in [5, 5.41) is 1.81. The number of carbonyl (C=O) groups excluding carboxylic acids is 1. The van der Waals surface area contributed by atoms with Crippen LogP contribution in [0.1, 0.15) is 16.1 Å². The van der Waals surface area contributed by atoms with Crippen LogP contribution in [0.4, 0.5) is 13.2 Å². The molecule has 0 unspecified atom stereocenters. The van der Waals surface area contributed by atoms with Gasteiger partial charge in [0.25, 0.3) is 0 Å². The van der Waals surface area contributed by atoms with Gasteiger partial charge in [-0.05, 0) is 24.4 Å². The van der Waals surface area contributed by atoms with Crippen molar-refractivity contribution in [1.82, 2.24) is 4.98 Å². The number of thiocarbonyl (C=S) groups is 1. The number of nitrogens with zero attached hydrogens (tertiary/aromatic N) is 2. The molecule has 1 aromatic rings. The van der Waals surface area contributed by atoms with Crippen LogP contribution in [0.5, 0.6) is 0 Å². The highest BCUT2D eigenvalue weighted by Crippen LogP contribution is 2.28. The Labute approximate surface area is 87.7 Å². The Balaban J connectivity index is 3.00. The molecule has 0 bridgehead atoms. The number of amides is 1. The Hall–Kier alpha value is -1.59. The quantitative estimate of drug-likeness (QED) is 0.551. The van der Waals surface area contributed by atoms with E-state index in [1.165, 1.54) is 0 Å². The van der Waals surface area contributed by atoms with E-state index in [0.717, 1.165) is 12.1 Å². The molecule has 1 aromatic heterocycles. The van der Waals surface area contributed by atoms with E-state index >= 15 is 0 Å². The molecule has 0 aliphatic rings. The molecule has 0 radical (unpaired) electrons. The van der Waals surface area contributed by atoms with Crippen molar-refractivity contribution in [2.24, 2.45) is 4.99 Å². The van der Waals surface area contributed by atoms with Crippen LogP contribution in [0.3, 0.4) is 0 Å². The fraction of sp³-hybridized carbons (Fsp3) is 0.125. The number of isothiocyanates is 1. The highest BCUT2D eigenvalue weighted by molar-refractivity contribution is 7.78. The molecule has 0 N–H and O–H groups in total. The third-order valence-electron chi connectivity index (χ3n) is 1.46. The van der Waals surface area contributed by atoms with Crippen LogP contribution in [0.2, 0.25) is 0 Å². The number of carbonyl (C=O) groups is 1. The van der Waals surface area contributed by atoms with E-state index in [9.17, 15) is 18.0 Å². The Morgan fingerprint density at radius 3 is 2.53 bits per heavy atom. The predicted molar refractivity (Wildman–Crippen MR) is 48.6 cm³/mol. The molecule has 0 saturated carbocycles. The zero-order chi connectivity index (χ0) is 11.5. The van der Waals surface area contributed by atoms with E-state index in [0.29, 0.717) is 6.20 Å². The molecule has 7 heteroatoms. The lowest BCUT2D eigenvalue weighted by Crippen LogP contribution is -2.07.